The number of rotatable bonds is 4. The van der Waals surface area contributed by atoms with Crippen LogP contribution in [0.2, 0.25) is 0 Å². The van der Waals surface area contributed by atoms with Crippen molar-refractivity contribution in [2.24, 2.45) is 0 Å². The second-order valence-electron chi connectivity index (χ2n) is 7.03. The van der Waals surface area contributed by atoms with Crippen LogP contribution >= 0.6 is 22.7 Å². The van der Waals surface area contributed by atoms with Crippen LogP contribution in [-0.4, -0.2) is 49.4 Å². The van der Waals surface area contributed by atoms with Crippen molar-refractivity contribution in [3.63, 3.8) is 0 Å². The van der Waals surface area contributed by atoms with Crippen LogP contribution in [0.25, 0.3) is 10.2 Å². The molecule has 5 rings (SSSR count). The monoisotopic (exact) mass is 465 g/mol. The molecule has 1 saturated heterocycles. The van der Waals surface area contributed by atoms with E-state index in [2.05, 4.69) is 10.3 Å². The van der Waals surface area contributed by atoms with Gasteiger partial charge in [-0.2, -0.15) is 4.31 Å². The van der Waals surface area contributed by atoms with Crippen LogP contribution in [0, 0.1) is 0 Å². The number of hydrogen-bond acceptors (Lipinski definition) is 8. The number of anilines is 1. The molecule has 0 spiro atoms. The van der Waals surface area contributed by atoms with Crippen LogP contribution in [-0.2, 0) is 14.8 Å². The molecule has 11 heteroatoms. The molecule has 8 nitrogen and oxygen atoms in total. The number of sulfonamides is 1. The molecule has 1 N–H and O–H groups in total. The largest absolute Gasteiger partial charge is 0.486 e. The van der Waals surface area contributed by atoms with Crippen LogP contribution in [0.4, 0.5) is 5.13 Å². The minimum atomic E-state index is -3.70. The van der Waals surface area contributed by atoms with Crippen molar-refractivity contribution in [1.29, 1.82) is 0 Å². The number of piperidine rings is 1. The van der Waals surface area contributed by atoms with Gasteiger partial charge in [0.25, 0.3) is 10.0 Å². The Kier molecular flexibility index (Phi) is 5.13. The van der Waals surface area contributed by atoms with Gasteiger partial charge in [-0.3, -0.25) is 4.79 Å². The summed E-state index contributed by atoms with van der Waals surface area (Å²) in [4.78, 5) is 17.5. The summed E-state index contributed by atoms with van der Waals surface area (Å²) in [5, 5.41) is 4.97. The van der Waals surface area contributed by atoms with Crippen LogP contribution in [0.5, 0.6) is 11.5 Å². The predicted octanol–water partition coefficient (Wildman–Crippen LogP) is 3.31. The highest BCUT2D eigenvalue weighted by Gasteiger charge is 2.38. The average molecular weight is 466 g/mol. The van der Waals surface area contributed by atoms with Gasteiger partial charge in [0, 0.05) is 18.7 Å². The molecule has 1 amide bonds. The number of thiazole rings is 1. The van der Waals surface area contributed by atoms with Crippen molar-refractivity contribution < 1.29 is 22.7 Å². The van der Waals surface area contributed by atoms with Crippen molar-refractivity contribution in [2.75, 3.05) is 25.1 Å². The number of thiophene rings is 1. The van der Waals surface area contributed by atoms with Gasteiger partial charge in [-0.15, -0.1) is 11.3 Å². The number of benzene rings is 1. The molecule has 2 aliphatic rings. The van der Waals surface area contributed by atoms with E-state index in [1.165, 1.54) is 15.6 Å². The van der Waals surface area contributed by atoms with Crippen LogP contribution in [0.15, 0.2) is 33.9 Å². The zero-order valence-electron chi connectivity index (χ0n) is 15.9. The predicted molar refractivity (Wildman–Crippen MR) is 115 cm³/mol. The van der Waals surface area contributed by atoms with Crippen LogP contribution in [0.1, 0.15) is 19.3 Å². The summed E-state index contributed by atoms with van der Waals surface area (Å²) in [5.74, 6) is 0.944. The lowest BCUT2D eigenvalue weighted by Gasteiger charge is -2.32. The highest BCUT2D eigenvalue weighted by Crippen LogP contribution is 2.38. The summed E-state index contributed by atoms with van der Waals surface area (Å²) < 4.78 is 39.7. The summed E-state index contributed by atoms with van der Waals surface area (Å²) >= 11 is 2.49. The zero-order chi connectivity index (χ0) is 20.7. The van der Waals surface area contributed by atoms with Gasteiger partial charge < -0.3 is 14.8 Å². The smallest absolute Gasteiger partial charge is 0.253 e. The Hall–Kier alpha value is -2.21. The number of carbonyl (C=O) groups is 1. The molecule has 1 aromatic carbocycles. The Morgan fingerprint density at radius 3 is 2.77 bits per heavy atom. The molecule has 1 atom stereocenters. The highest BCUT2D eigenvalue weighted by atomic mass is 32.2. The standard InChI is InChI=1S/C19H19N3O5S3/c23-18(13-4-1-2-6-22(13)30(24,25)17-5-3-9-28-17)21-19-20-12-10-14-15(11-16(12)29-19)27-8-7-26-14/h3,5,9-11,13H,1-2,4,6-8H2,(H,20,21,23). The Bertz CT molecular complexity index is 1150. The van der Waals surface area contributed by atoms with E-state index in [4.69, 9.17) is 9.47 Å². The zero-order valence-corrected chi connectivity index (χ0v) is 18.3. The van der Waals surface area contributed by atoms with Crippen LogP contribution < -0.4 is 14.8 Å². The molecule has 1 fully saturated rings. The van der Waals surface area contributed by atoms with Gasteiger partial charge in [-0.25, -0.2) is 13.4 Å². The number of hydrogen-bond donors (Lipinski definition) is 1. The molecular weight excluding hydrogens is 446 g/mol. The van der Waals surface area contributed by atoms with E-state index in [1.807, 2.05) is 6.07 Å². The normalized spacial score (nSPS) is 19.7. The van der Waals surface area contributed by atoms with Crippen molar-refractivity contribution >= 4 is 54.0 Å². The van der Waals surface area contributed by atoms with Crippen molar-refractivity contribution in [2.45, 2.75) is 29.5 Å². The molecule has 0 aliphatic carbocycles. The second kappa shape index (κ2) is 7.80. The lowest BCUT2D eigenvalue weighted by molar-refractivity contribution is -0.120. The van der Waals surface area contributed by atoms with E-state index < -0.39 is 16.1 Å². The van der Waals surface area contributed by atoms with Gasteiger partial charge in [0.2, 0.25) is 5.91 Å². The third kappa shape index (κ3) is 3.55. The lowest BCUT2D eigenvalue weighted by atomic mass is 10.0. The topological polar surface area (TPSA) is 97.8 Å². The first-order valence-corrected chi connectivity index (χ1v) is 12.7. The number of nitrogens with one attached hydrogen (secondary N) is 1. The second-order valence-corrected chi connectivity index (χ2v) is 11.1. The van der Waals surface area contributed by atoms with Gasteiger partial charge in [-0.1, -0.05) is 23.8 Å². The SMILES string of the molecule is O=C(Nc1nc2cc3c(cc2s1)OCCO3)C1CCCCN1S(=O)(=O)c1cccs1. The summed E-state index contributed by atoms with van der Waals surface area (Å²) in [7, 11) is -3.70. The van der Waals surface area contributed by atoms with Gasteiger partial charge in [0.15, 0.2) is 16.6 Å². The minimum Gasteiger partial charge on any atom is -0.486 e. The van der Waals surface area contributed by atoms with Crippen molar-refractivity contribution in [1.82, 2.24) is 9.29 Å². The first-order chi connectivity index (χ1) is 14.5. The minimum absolute atomic E-state index is 0.257. The molecule has 30 heavy (non-hydrogen) atoms. The summed E-state index contributed by atoms with van der Waals surface area (Å²) in [6.45, 7) is 1.32. The van der Waals surface area contributed by atoms with Gasteiger partial charge in [0.1, 0.15) is 23.5 Å². The van der Waals surface area contributed by atoms with Gasteiger partial charge >= 0.3 is 0 Å². The molecule has 4 heterocycles. The molecule has 158 valence electrons. The fourth-order valence-electron chi connectivity index (χ4n) is 3.69. The number of amides is 1. The maximum Gasteiger partial charge on any atom is 0.253 e. The van der Waals surface area contributed by atoms with Gasteiger partial charge in [0.05, 0.1) is 10.2 Å². The van der Waals surface area contributed by atoms with Crippen molar-refractivity contribution in [3.8, 4) is 11.5 Å². The Balaban J connectivity index is 1.39. The van der Waals surface area contributed by atoms with E-state index in [0.29, 0.717) is 48.3 Å². The van der Waals surface area contributed by atoms with E-state index in [1.54, 1.807) is 23.6 Å². The fourth-order valence-corrected chi connectivity index (χ4v) is 7.34. The molecule has 0 bridgehead atoms. The first-order valence-electron chi connectivity index (χ1n) is 9.59. The third-order valence-corrected chi connectivity index (χ3v) is 9.31. The summed E-state index contributed by atoms with van der Waals surface area (Å²) in [6.07, 6.45) is 2.02. The number of ether oxygens (including phenoxy) is 2. The summed E-state index contributed by atoms with van der Waals surface area (Å²) in [5.41, 5.74) is 0.700. The number of carbonyl (C=O) groups excluding carboxylic acids is 1. The number of nitrogens with zero attached hydrogens (tertiary/aromatic N) is 2. The molecule has 2 aromatic heterocycles. The Labute approximate surface area is 181 Å². The molecule has 1 unspecified atom stereocenters. The molecule has 2 aliphatic heterocycles. The Morgan fingerprint density at radius 2 is 2.00 bits per heavy atom. The molecule has 0 saturated carbocycles. The first kappa shape index (κ1) is 19.7. The summed E-state index contributed by atoms with van der Waals surface area (Å²) in [6, 6.07) is 6.17. The third-order valence-electron chi connectivity index (χ3n) is 5.10. The molecule has 3 aromatic rings. The van der Waals surface area contributed by atoms with E-state index in [-0.39, 0.29) is 10.1 Å². The fraction of sp³-hybridized carbons (Fsp3) is 0.368. The van der Waals surface area contributed by atoms with E-state index >= 15 is 0 Å². The van der Waals surface area contributed by atoms with E-state index in [9.17, 15) is 13.2 Å². The quantitative estimate of drug-likeness (QED) is 0.635. The lowest BCUT2D eigenvalue weighted by Crippen LogP contribution is -2.49. The van der Waals surface area contributed by atoms with Crippen LogP contribution in [0.3, 0.4) is 0 Å². The van der Waals surface area contributed by atoms with Gasteiger partial charge in [-0.05, 0) is 24.3 Å². The van der Waals surface area contributed by atoms with Crippen molar-refractivity contribution in [3.05, 3.63) is 29.6 Å². The maximum atomic E-state index is 13.0. The maximum absolute atomic E-state index is 13.0. The van der Waals surface area contributed by atoms with E-state index in [0.717, 1.165) is 28.9 Å². The Morgan fingerprint density at radius 1 is 1.20 bits per heavy atom. The average Bonchev–Trinajstić information content (AvgIpc) is 3.42. The number of fused-ring (bicyclic) bond motifs is 2. The number of aromatic nitrogens is 1. The molecular formula is C19H19N3O5S3. The highest BCUT2D eigenvalue weighted by molar-refractivity contribution is 7.91. The molecule has 0 radical (unpaired) electrons.